The lowest BCUT2D eigenvalue weighted by Crippen LogP contribution is -2.41. The molecule has 0 spiro atoms. The summed E-state index contributed by atoms with van der Waals surface area (Å²) >= 11 is 1.33. The van der Waals surface area contributed by atoms with E-state index in [1.165, 1.54) is 35.1 Å². The Morgan fingerprint density at radius 2 is 1.86 bits per heavy atom. The van der Waals surface area contributed by atoms with Crippen molar-refractivity contribution in [1.82, 2.24) is 20.2 Å². The number of hydrogen-bond acceptors (Lipinski definition) is 5. The summed E-state index contributed by atoms with van der Waals surface area (Å²) in [5, 5.41) is 4.39. The summed E-state index contributed by atoms with van der Waals surface area (Å²) in [4.78, 5) is 34.8. The van der Waals surface area contributed by atoms with Gasteiger partial charge in [0, 0.05) is 18.5 Å². The van der Waals surface area contributed by atoms with E-state index in [2.05, 4.69) is 15.3 Å². The number of nitrogens with zero attached hydrogens (tertiary/aromatic N) is 3. The van der Waals surface area contributed by atoms with Crippen LogP contribution in [0.2, 0.25) is 0 Å². The third-order valence-corrected chi connectivity index (χ3v) is 5.30. The zero-order valence-electron chi connectivity index (χ0n) is 16.0. The largest absolute Gasteiger partial charge is 0.350 e. The highest BCUT2D eigenvalue weighted by atomic mass is 32.2. The molecule has 2 aromatic carbocycles. The Morgan fingerprint density at radius 3 is 2.62 bits per heavy atom. The lowest BCUT2D eigenvalue weighted by Gasteiger charge is -2.20. The van der Waals surface area contributed by atoms with Crippen LogP contribution in [0.25, 0.3) is 10.9 Å². The predicted octanol–water partition coefficient (Wildman–Crippen LogP) is 3.03. The molecule has 3 aromatic rings. The molecule has 0 aliphatic rings. The normalized spacial score (nSPS) is 10.7. The highest BCUT2D eigenvalue weighted by Crippen LogP contribution is 2.24. The maximum absolute atomic E-state index is 12.9. The molecular formula is C21H21FN4O2S. The van der Waals surface area contributed by atoms with Gasteiger partial charge in [0.2, 0.25) is 11.8 Å². The van der Waals surface area contributed by atoms with Crippen molar-refractivity contribution in [3.8, 4) is 0 Å². The molecule has 6 nitrogen and oxygen atoms in total. The van der Waals surface area contributed by atoms with E-state index in [1.807, 2.05) is 31.2 Å². The molecule has 1 N–H and O–H groups in total. The van der Waals surface area contributed by atoms with E-state index in [0.29, 0.717) is 6.54 Å². The molecular weight excluding hydrogens is 391 g/mol. The van der Waals surface area contributed by atoms with Gasteiger partial charge in [-0.1, -0.05) is 42.1 Å². The molecule has 29 heavy (non-hydrogen) atoms. The third kappa shape index (κ3) is 5.74. The van der Waals surface area contributed by atoms with Gasteiger partial charge in [0.15, 0.2) is 0 Å². The standard InChI is InChI=1S/C21H21FN4O2S/c1-2-26(12-19(27)23-11-15-7-9-16(22)10-8-15)20(28)13-29-21-17-5-3-4-6-18(17)24-14-25-21/h3-10,14H,2,11-13H2,1H3,(H,23,27). The van der Waals surface area contributed by atoms with Crippen LogP contribution in [0.5, 0.6) is 0 Å². The van der Waals surface area contributed by atoms with Gasteiger partial charge in [-0.05, 0) is 30.7 Å². The number of hydrogen-bond donors (Lipinski definition) is 1. The van der Waals surface area contributed by atoms with Crippen molar-refractivity contribution < 1.29 is 14.0 Å². The van der Waals surface area contributed by atoms with Crippen LogP contribution in [0.15, 0.2) is 59.9 Å². The average molecular weight is 412 g/mol. The van der Waals surface area contributed by atoms with Crippen LogP contribution in [0.3, 0.4) is 0 Å². The first-order valence-electron chi connectivity index (χ1n) is 9.18. The molecule has 1 aromatic heterocycles. The van der Waals surface area contributed by atoms with Crippen LogP contribution >= 0.6 is 11.8 Å². The van der Waals surface area contributed by atoms with Crippen LogP contribution in [0.1, 0.15) is 12.5 Å². The zero-order valence-corrected chi connectivity index (χ0v) is 16.8. The molecule has 0 atom stereocenters. The number of para-hydroxylation sites is 1. The Kier molecular flexibility index (Phi) is 7.13. The first-order chi connectivity index (χ1) is 14.1. The van der Waals surface area contributed by atoms with Crippen molar-refractivity contribution in [2.75, 3.05) is 18.8 Å². The topological polar surface area (TPSA) is 75.2 Å². The van der Waals surface area contributed by atoms with Crippen LogP contribution in [0, 0.1) is 5.82 Å². The number of aromatic nitrogens is 2. The van der Waals surface area contributed by atoms with Crippen molar-refractivity contribution in [2.24, 2.45) is 0 Å². The van der Waals surface area contributed by atoms with Gasteiger partial charge in [-0.25, -0.2) is 14.4 Å². The minimum Gasteiger partial charge on any atom is -0.350 e. The van der Waals surface area contributed by atoms with Crippen molar-refractivity contribution in [2.45, 2.75) is 18.5 Å². The van der Waals surface area contributed by atoms with Crippen LogP contribution in [-0.4, -0.2) is 45.5 Å². The Labute approximate surface area is 172 Å². The van der Waals surface area contributed by atoms with Gasteiger partial charge in [0.05, 0.1) is 17.8 Å². The summed E-state index contributed by atoms with van der Waals surface area (Å²) < 4.78 is 12.9. The van der Waals surface area contributed by atoms with E-state index in [9.17, 15) is 14.0 Å². The predicted molar refractivity (Wildman–Crippen MR) is 111 cm³/mol. The van der Waals surface area contributed by atoms with Crippen molar-refractivity contribution >= 4 is 34.5 Å². The lowest BCUT2D eigenvalue weighted by atomic mass is 10.2. The number of carbonyl (C=O) groups excluding carboxylic acids is 2. The number of rotatable bonds is 8. The number of likely N-dealkylation sites (N-methyl/N-ethyl adjacent to an activating group) is 1. The number of halogens is 1. The first kappa shape index (κ1) is 20.7. The summed E-state index contributed by atoms with van der Waals surface area (Å²) in [5.74, 6) is -0.545. The number of nitrogens with one attached hydrogen (secondary N) is 1. The Bertz CT molecular complexity index is 992. The second-order valence-corrected chi connectivity index (χ2v) is 7.26. The zero-order chi connectivity index (χ0) is 20.6. The van der Waals surface area contributed by atoms with Crippen LogP contribution in [0.4, 0.5) is 4.39 Å². The molecule has 0 saturated heterocycles. The second-order valence-electron chi connectivity index (χ2n) is 6.30. The summed E-state index contributed by atoms with van der Waals surface area (Å²) in [6, 6.07) is 13.5. The molecule has 1 heterocycles. The van der Waals surface area contributed by atoms with Gasteiger partial charge in [-0.2, -0.15) is 0 Å². The summed E-state index contributed by atoms with van der Waals surface area (Å²) in [7, 11) is 0. The molecule has 2 amide bonds. The van der Waals surface area contributed by atoms with E-state index in [-0.39, 0.29) is 36.5 Å². The molecule has 0 fully saturated rings. The van der Waals surface area contributed by atoms with Crippen LogP contribution in [-0.2, 0) is 16.1 Å². The third-order valence-electron chi connectivity index (χ3n) is 4.31. The highest BCUT2D eigenvalue weighted by Gasteiger charge is 2.16. The number of thioether (sulfide) groups is 1. The molecule has 0 aliphatic heterocycles. The van der Waals surface area contributed by atoms with Gasteiger partial charge in [-0.3, -0.25) is 9.59 Å². The number of benzene rings is 2. The molecule has 8 heteroatoms. The average Bonchev–Trinajstić information content (AvgIpc) is 2.75. The Balaban J connectivity index is 1.53. The number of amides is 2. The van der Waals surface area contributed by atoms with Crippen LogP contribution < -0.4 is 5.32 Å². The van der Waals surface area contributed by atoms with Crippen molar-refractivity contribution in [3.05, 3.63) is 66.2 Å². The van der Waals surface area contributed by atoms with Gasteiger partial charge >= 0.3 is 0 Å². The molecule has 0 aliphatic carbocycles. The van der Waals surface area contributed by atoms with Gasteiger partial charge < -0.3 is 10.2 Å². The fourth-order valence-electron chi connectivity index (χ4n) is 2.73. The SMILES string of the molecule is CCN(CC(=O)NCc1ccc(F)cc1)C(=O)CSc1ncnc2ccccc12. The fourth-order valence-corrected chi connectivity index (χ4v) is 3.62. The van der Waals surface area contributed by atoms with E-state index in [1.54, 1.807) is 12.1 Å². The quantitative estimate of drug-likeness (QED) is 0.455. The Hall–Kier alpha value is -3.00. The van der Waals surface area contributed by atoms with E-state index < -0.39 is 0 Å². The molecule has 3 rings (SSSR count). The summed E-state index contributed by atoms with van der Waals surface area (Å²) in [6.45, 7) is 2.51. The monoisotopic (exact) mass is 412 g/mol. The fraction of sp³-hybridized carbons (Fsp3) is 0.238. The van der Waals surface area contributed by atoms with Gasteiger partial charge in [0.25, 0.3) is 0 Å². The smallest absolute Gasteiger partial charge is 0.239 e. The summed E-state index contributed by atoms with van der Waals surface area (Å²) in [6.07, 6.45) is 1.48. The molecule has 0 radical (unpaired) electrons. The minimum atomic E-state index is -0.322. The number of carbonyl (C=O) groups is 2. The molecule has 0 saturated carbocycles. The molecule has 0 bridgehead atoms. The maximum Gasteiger partial charge on any atom is 0.239 e. The van der Waals surface area contributed by atoms with Gasteiger partial charge in [0.1, 0.15) is 17.2 Å². The summed E-state index contributed by atoms with van der Waals surface area (Å²) in [5.41, 5.74) is 1.62. The van der Waals surface area contributed by atoms with Crippen molar-refractivity contribution in [3.63, 3.8) is 0 Å². The Morgan fingerprint density at radius 1 is 1.10 bits per heavy atom. The van der Waals surface area contributed by atoms with E-state index in [0.717, 1.165) is 21.5 Å². The second kappa shape index (κ2) is 9.97. The first-order valence-corrected chi connectivity index (χ1v) is 10.2. The maximum atomic E-state index is 12.9. The molecule has 150 valence electrons. The minimum absolute atomic E-state index is 0.0262. The van der Waals surface area contributed by atoms with E-state index >= 15 is 0 Å². The molecule has 0 unspecified atom stereocenters. The van der Waals surface area contributed by atoms with Crippen molar-refractivity contribution in [1.29, 1.82) is 0 Å². The number of fused-ring (bicyclic) bond motifs is 1. The van der Waals surface area contributed by atoms with E-state index in [4.69, 9.17) is 0 Å². The lowest BCUT2D eigenvalue weighted by molar-refractivity contribution is -0.133. The van der Waals surface area contributed by atoms with Gasteiger partial charge in [-0.15, -0.1) is 0 Å². The highest BCUT2D eigenvalue weighted by molar-refractivity contribution is 8.00.